The number of halogens is 2. The van der Waals surface area contributed by atoms with E-state index in [1.54, 1.807) is 19.1 Å². The zero-order valence-corrected chi connectivity index (χ0v) is 11.8. The molecular formula is C17H19F2N. The van der Waals surface area contributed by atoms with Crippen LogP contribution in [0.25, 0.3) is 11.1 Å². The predicted molar refractivity (Wildman–Crippen MR) is 78.5 cm³/mol. The first kappa shape index (κ1) is 14.7. The quantitative estimate of drug-likeness (QED) is 0.795. The third kappa shape index (κ3) is 3.23. The molecule has 1 N–H and O–H groups in total. The van der Waals surface area contributed by atoms with Gasteiger partial charge in [0.1, 0.15) is 11.6 Å². The number of benzene rings is 2. The summed E-state index contributed by atoms with van der Waals surface area (Å²) in [5.74, 6) is -0.504. The Hall–Kier alpha value is -1.74. The summed E-state index contributed by atoms with van der Waals surface area (Å²) in [5, 5.41) is 3.26. The van der Waals surface area contributed by atoms with Gasteiger partial charge in [-0.05, 0) is 60.3 Å². The van der Waals surface area contributed by atoms with Crippen molar-refractivity contribution < 1.29 is 8.78 Å². The SMILES string of the molecule is CCCNCc1cc(F)ccc1-c1cccc(F)c1C. The van der Waals surface area contributed by atoms with Gasteiger partial charge in [0.25, 0.3) is 0 Å². The molecule has 0 heterocycles. The summed E-state index contributed by atoms with van der Waals surface area (Å²) in [7, 11) is 0. The van der Waals surface area contributed by atoms with Gasteiger partial charge in [-0.1, -0.05) is 25.1 Å². The highest BCUT2D eigenvalue weighted by molar-refractivity contribution is 5.70. The maximum Gasteiger partial charge on any atom is 0.126 e. The van der Waals surface area contributed by atoms with Gasteiger partial charge in [-0.25, -0.2) is 8.78 Å². The van der Waals surface area contributed by atoms with Crippen LogP contribution in [0.2, 0.25) is 0 Å². The summed E-state index contributed by atoms with van der Waals surface area (Å²) in [6, 6.07) is 9.65. The van der Waals surface area contributed by atoms with E-state index < -0.39 is 0 Å². The number of nitrogens with one attached hydrogen (secondary N) is 1. The van der Waals surface area contributed by atoms with Crippen molar-refractivity contribution in [1.29, 1.82) is 0 Å². The van der Waals surface area contributed by atoms with Gasteiger partial charge in [-0.3, -0.25) is 0 Å². The molecule has 0 aliphatic carbocycles. The molecule has 0 aliphatic rings. The minimum Gasteiger partial charge on any atom is -0.313 e. The molecule has 0 spiro atoms. The molecule has 0 radical (unpaired) electrons. The largest absolute Gasteiger partial charge is 0.313 e. The lowest BCUT2D eigenvalue weighted by Crippen LogP contribution is -2.14. The van der Waals surface area contributed by atoms with Crippen LogP contribution in [0.3, 0.4) is 0 Å². The van der Waals surface area contributed by atoms with Crippen molar-refractivity contribution in [3.8, 4) is 11.1 Å². The number of rotatable bonds is 5. The lowest BCUT2D eigenvalue weighted by molar-refractivity contribution is 0.617. The Morgan fingerprint density at radius 1 is 1.05 bits per heavy atom. The van der Waals surface area contributed by atoms with Gasteiger partial charge in [0.15, 0.2) is 0 Å². The third-order valence-electron chi connectivity index (χ3n) is 3.37. The molecule has 2 rings (SSSR count). The van der Waals surface area contributed by atoms with Gasteiger partial charge in [-0.2, -0.15) is 0 Å². The van der Waals surface area contributed by atoms with Gasteiger partial charge in [0.05, 0.1) is 0 Å². The van der Waals surface area contributed by atoms with Crippen LogP contribution in [0.5, 0.6) is 0 Å². The predicted octanol–water partition coefficient (Wildman–Crippen LogP) is 4.44. The number of hydrogen-bond donors (Lipinski definition) is 1. The lowest BCUT2D eigenvalue weighted by atomic mass is 9.95. The molecule has 0 saturated carbocycles. The maximum atomic E-state index is 13.7. The molecule has 0 amide bonds. The summed E-state index contributed by atoms with van der Waals surface area (Å²) >= 11 is 0. The molecule has 106 valence electrons. The van der Waals surface area contributed by atoms with Crippen molar-refractivity contribution in [3.05, 3.63) is 59.2 Å². The molecule has 3 heteroatoms. The van der Waals surface area contributed by atoms with Gasteiger partial charge < -0.3 is 5.32 Å². The first-order valence-corrected chi connectivity index (χ1v) is 6.88. The Bertz CT molecular complexity index is 594. The zero-order chi connectivity index (χ0) is 14.5. The molecule has 0 saturated heterocycles. The molecular weight excluding hydrogens is 256 g/mol. The van der Waals surface area contributed by atoms with E-state index >= 15 is 0 Å². The number of hydrogen-bond acceptors (Lipinski definition) is 1. The second-order valence-electron chi connectivity index (χ2n) is 4.89. The topological polar surface area (TPSA) is 12.0 Å². The van der Waals surface area contributed by atoms with Gasteiger partial charge >= 0.3 is 0 Å². The molecule has 2 aromatic rings. The molecule has 2 aromatic carbocycles. The van der Waals surface area contributed by atoms with Crippen LogP contribution in [0.4, 0.5) is 8.78 Å². The highest BCUT2D eigenvalue weighted by atomic mass is 19.1. The Balaban J connectivity index is 2.42. The first-order valence-electron chi connectivity index (χ1n) is 6.88. The van der Waals surface area contributed by atoms with Crippen LogP contribution >= 0.6 is 0 Å². The summed E-state index contributed by atoms with van der Waals surface area (Å²) in [6.07, 6.45) is 1.02. The van der Waals surface area contributed by atoms with E-state index in [0.29, 0.717) is 12.1 Å². The highest BCUT2D eigenvalue weighted by Crippen LogP contribution is 2.28. The molecule has 20 heavy (non-hydrogen) atoms. The van der Waals surface area contributed by atoms with Crippen molar-refractivity contribution >= 4 is 0 Å². The van der Waals surface area contributed by atoms with Crippen molar-refractivity contribution in [1.82, 2.24) is 5.32 Å². The second-order valence-corrected chi connectivity index (χ2v) is 4.89. The Labute approximate surface area is 118 Å². The standard InChI is InChI=1S/C17H19F2N/c1-3-9-20-11-13-10-14(18)7-8-16(13)15-5-4-6-17(19)12(15)2/h4-8,10,20H,3,9,11H2,1-2H3. The van der Waals surface area contributed by atoms with Gasteiger partial charge in [-0.15, -0.1) is 0 Å². The first-order chi connectivity index (χ1) is 9.63. The van der Waals surface area contributed by atoms with E-state index in [-0.39, 0.29) is 11.6 Å². The Kier molecular flexibility index (Phi) is 4.85. The van der Waals surface area contributed by atoms with E-state index in [2.05, 4.69) is 12.2 Å². The zero-order valence-electron chi connectivity index (χ0n) is 11.8. The molecule has 1 nitrogen and oxygen atoms in total. The fourth-order valence-corrected chi connectivity index (χ4v) is 2.27. The van der Waals surface area contributed by atoms with Gasteiger partial charge in [0, 0.05) is 6.54 Å². The monoisotopic (exact) mass is 275 g/mol. The fraction of sp³-hybridized carbons (Fsp3) is 0.294. The second kappa shape index (κ2) is 6.62. The van der Waals surface area contributed by atoms with Crippen molar-refractivity contribution in [3.63, 3.8) is 0 Å². The summed E-state index contributed by atoms with van der Waals surface area (Å²) < 4.78 is 27.1. The smallest absolute Gasteiger partial charge is 0.126 e. The molecule has 0 aromatic heterocycles. The molecule has 0 aliphatic heterocycles. The van der Waals surface area contributed by atoms with E-state index in [4.69, 9.17) is 0 Å². The fourth-order valence-electron chi connectivity index (χ4n) is 2.27. The van der Waals surface area contributed by atoms with Crippen molar-refractivity contribution in [2.24, 2.45) is 0 Å². The molecule has 0 fully saturated rings. The molecule has 0 atom stereocenters. The highest BCUT2D eigenvalue weighted by Gasteiger charge is 2.11. The van der Waals surface area contributed by atoms with Crippen molar-refractivity contribution in [2.75, 3.05) is 6.54 Å². The van der Waals surface area contributed by atoms with Crippen molar-refractivity contribution in [2.45, 2.75) is 26.8 Å². The van der Waals surface area contributed by atoms with E-state index in [9.17, 15) is 8.78 Å². The van der Waals surface area contributed by atoms with Crippen LogP contribution in [-0.2, 0) is 6.54 Å². The Morgan fingerprint density at radius 2 is 1.85 bits per heavy atom. The lowest BCUT2D eigenvalue weighted by Gasteiger charge is -2.13. The average Bonchev–Trinajstić information content (AvgIpc) is 2.43. The van der Waals surface area contributed by atoms with Crippen LogP contribution in [0.1, 0.15) is 24.5 Å². The minimum atomic E-state index is -0.267. The van der Waals surface area contributed by atoms with Crippen LogP contribution < -0.4 is 5.32 Å². The molecule has 0 bridgehead atoms. The minimum absolute atomic E-state index is 0.237. The summed E-state index contributed by atoms with van der Waals surface area (Å²) in [4.78, 5) is 0. The maximum absolute atomic E-state index is 13.7. The van der Waals surface area contributed by atoms with Crippen LogP contribution in [0, 0.1) is 18.6 Å². The van der Waals surface area contributed by atoms with Crippen LogP contribution in [-0.4, -0.2) is 6.54 Å². The Morgan fingerprint density at radius 3 is 2.60 bits per heavy atom. The van der Waals surface area contributed by atoms with Crippen LogP contribution in [0.15, 0.2) is 36.4 Å². The normalized spacial score (nSPS) is 10.8. The molecule has 0 unspecified atom stereocenters. The van der Waals surface area contributed by atoms with Gasteiger partial charge in [0.2, 0.25) is 0 Å². The third-order valence-corrected chi connectivity index (χ3v) is 3.37. The van der Waals surface area contributed by atoms with E-state index in [0.717, 1.165) is 29.7 Å². The summed E-state index contributed by atoms with van der Waals surface area (Å²) in [6.45, 7) is 5.28. The summed E-state index contributed by atoms with van der Waals surface area (Å²) in [5.41, 5.74) is 3.15. The average molecular weight is 275 g/mol. The van der Waals surface area contributed by atoms with E-state index in [1.807, 2.05) is 6.07 Å². The van der Waals surface area contributed by atoms with E-state index in [1.165, 1.54) is 18.2 Å².